The Labute approximate surface area is 103 Å². The van der Waals surface area contributed by atoms with Gasteiger partial charge in [-0.1, -0.05) is 6.92 Å². The number of nitrogens with zero attached hydrogens (tertiary/aromatic N) is 1. The van der Waals surface area contributed by atoms with Crippen LogP contribution in [0.15, 0.2) is 5.38 Å². The normalized spacial score (nSPS) is 17.6. The third kappa shape index (κ3) is 3.64. The Bertz CT molecular complexity index is 361. The zero-order valence-corrected chi connectivity index (χ0v) is 11.2. The zero-order chi connectivity index (χ0) is 11.4. The first-order chi connectivity index (χ1) is 7.79. The van der Waals surface area contributed by atoms with Crippen LogP contribution in [0.25, 0.3) is 0 Å². The van der Waals surface area contributed by atoms with Gasteiger partial charge in [-0.05, 0) is 12.8 Å². The van der Waals surface area contributed by atoms with Crippen molar-refractivity contribution in [2.45, 2.75) is 32.2 Å². The van der Waals surface area contributed by atoms with Gasteiger partial charge in [0, 0.05) is 46.7 Å². The first-order valence-electron chi connectivity index (χ1n) is 5.79. The maximum Gasteiger partial charge on any atom is 0.0959 e. The predicted octanol–water partition coefficient (Wildman–Crippen LogP) is 1.88. The average molecular weight is 258 g/mol. The molecule has 1 aromatic heterocycles. The minimum absolute atomic E-state index is 0.657. The lowest BCUT2D eigenvalue weighted by Gasteiger charge is -2.01. The molecule has 0 bridgehead atoms. The Morgan fingerprint density at radius 2 is 2.44 bits per heavy atom. The smallest absolute Gasteiger partial charge is 0.0959 e. The second-order valence-corrected chi connectivity index (χ2v) is 6.82. The lowest BCUT2D eigenvalue weighted by Crippen LogP contribution is -2.20. The van der Waals surface area contributed by atoms with Crippen LogP contribution in [-0.4, -0.2) is 27.2 Å². The molecule has 1 atom stereocenters. The van der Waals surface area contributed by atoms with E-state index in [1.807, 2.05) is 6.92 Å². The Morgan fingerprint density at radius 3 is 3.12 bits per heavy atom. The van der Waals surface area contributed by atoms with E-state index in [-0.39, 0.29) is 0 Å². The minimum Gasteiger partial charge on any atom is -0.310 e. The summed E-state index contributed by atoms with van der Waals surface area (Å²) < 4.78 is 11.2. The molecule has 16 heavy (non-hydrogen) atoms. The van der Waals surface area contributed by atoms with Gasteiger partial charge in [0.2, 0.25) is 0 Å². The molecule has 0 spiro atoms. The van der Waals surface area contributed by atoms with E-state index in [0.29, 0.717) is 0 Å². The maximum absolute atomic E-state index is 11.2. The molecule has 1 aromatic rings. The fourth-order valence-corrected chi connectivity index (χ4v) is 3.12. The van der Waals surface area contributed by atoms with Crippen molar-refractivity contribution in [2.24, 2.45) is 0 Å². The topological polar surface area (TPSA) is 42.0 Å². The highest BCUT2D eigenvalue weighted by molar-refractivity contribution is 7.84. The summed E-state index contributed by atoms with van der Waals surface area (Å²) in [6.45, 7) is 3.58. The van der Waals surface area contributed by atoms with Crippen LogP contribution in [-0.2, 0) is 17.3 Å². The number of hydrogen-bond donors (Lipinski definition) is 1. The minimum atomic E-state index is -0.657. The SMILES string of the molecule is CCS(=O)CCNCc1csc(C2CC2)n1. The summed E-state index contributed by atoms with van der Waals surface area (Å²) in [6, 6.07) is 0. The van der Waals surface area contributed by atoms with Crippen molar-refractivity contribution in [3.8, 4) is 0 Å². The molecule has 1 aliphatic rings. The molecule has 1 aliphatic carbocycles. The van der Waals surface area contributed by atoms with Gasteiger partial charge in [0.15, 0.2) is 0 Å². The van der Waals surface area contributed by atoms with Crippen molar-refractivity contribution in [2.75, 3.05) is 18.1 Å². The summed E-state index contributed by atoms with van der Waals surface area (Å²) >= 11 is 1.78. The van der Waals surface area contributed by atoms with Crippen LogP contribution >= 0.6 is 11.3 Å². The lowest BCUT2D eigenvalue weighted by atomic mass is 10.4. The van der Waals surface area contributed by atoms with E-state index in [4.69, 9.17) is 0 Å². The molecule has 0 aromatic carbocycles. The summed E-state index contributed by atoms with van der Waals surface area (Å²) in [5.41, 5.74) is 1.13. The molecule has 1 N–H and O–H groups in total. The molecule has 0 saturated heterocycles. The van der Waals surface area contributed by atoms with E-state index in [1.54, 1.807) is 11.3 Å². The Morgan fingerprint density at radius 1 is 1.62 bits per heavy atom. The Balaban J connectivity index is 1.66. The molecule has 1 saturated carbocycles. The van der Waals surface area contributed by atoms with Crippen LogP contribution in [0.3, 0.4) is 0 Å². The average Bonchev–Trinajstić information content (AvgIpc) is 3.05. The van der Waals surface area contributed by atoms with Gasteiger partial charge in [0.05, 0.1) is 10.7 Å². The zero-order valence-electron chi connectivity index (χ0n) is 9.57. The molecule has 3 nitrogen and oxygen atoms in total. The van der Waals surface area contributed by atoms with Gasteiger partial charge >= 0.3 is 0 Å². The molecule has 0 aliphatic heterocycles. The van der Waals surface area contributed by atoms with Gasteiger partial charge in [-0.3, -0.25) is 4.21 Å². The van der Waals surface area contributed by atoms with Crippen molar-refractivity contribution >= 4 is 22.1 Å². The molecule has 1 fully saturated rings. The second kappa shape index (κ2) is 5.89. The largest absolute Gasteiger partial charge is 0.310 e. The highest BCUT2D eigenvalue weighted by Gasteiger charge is 2.26. The first-order valence-corrected chi connectivity index (χ1v) is 8.16. The van der Waals surface area contributed by atoms with Crippen molar-refractivity contribution in [3.05, 3.63) is 16.1 Å². The summed E-state index contributed by atoms with van der Waals surface area (Å²) in [5, 5.41) is 6.73. The van der Waals surface area contributed by atoms with Crippen LogP contribution in [0.1, 0.15) is 36.4 Å². The van der Waals surface area contributed by atoms with E-state index in [2.05, 4.69) is 15.7 Å². The molecule has 2 rings (SSSR count). The highest BCUT2D eigenvalue weighted by Crippen LogP contribution is 2.41. The van der Waals surface area contributed by atoms with E-state index >= 15 is 0 Å². The van der Waals surface area contributed by atoms with Gasteiger partial charge in [-0.2, -0.15) is 0 Å². The summed E-state index contributed by atoms with van der Waals surface area (Å²) in [4.78, 5) is 4.59. The van der Waals surface area contributed by atoms with Crippen LogP contribution in [0.4, 0.5) is 0 Å². The maximum atomic E-state index is 11.2. The van der Waals surface area contributed by atoms with E-state index in [0.717, 1.165) is 36.2 Å². The van der Waals surface area contributed by atoms with Crippen molar-refractivity contribution < 1.29 is 4.21 Å². The van der Waals surface area contributed by atoms with Crippen LogP contribution < -0.4 is 5.32 Å². The number of nitrogens with one attached hydrogen (secondary N) is 1. The number of aromatic nitrogens is 1. The second-order valence-electron chi connectivity index (χ2n) is 4.06. The van der Waals surface area contributed by atoms with Crippen LogP contribution in [0, 0.1) is 0 Å². The molecular weight excluding hydrogens is 240 g/mol. The van der Waals surface area contributed by atoms with E-state index in [9.17, 15) is 4.21 Å². The van der Waals surface area contributed by atoms with Gasteiger partial charge in [-0.15, -0.1) is 11.3 Å². The Kier molecular flexibility index (Phi) is 4.49. The highest BCUT2D eigenvalue weighted by atomic mass is 32.2. The first kappa shape index (κ1) is 12.2. The van der Waals surface area contributed by atoms with Crippen molar-refractivity contribution in [3.63, 3.8) is 0 Å². The molecule has 0 amide bonds. The molecule has 90 valence electrons. The number of hydrogen-bond acceptors (Lipinski definition) is 4. The summed E-state index contributed by atoms with van der Waals surface area (Å²) in [6.07, 6.45) is 2.63. The molecule has 1 unspecified atom stereocenters. The van der Waals surface area contributed by atoms with E-state index in [1.165, 1.54) is 17.8 Å². The van der Waals surface area contributed by atoms with Crippen LogP contribution in [0.5, 0.6) is 0 Å². The number of rotatable bonds is 7. The van der Waals surface area contributed by atoms with Gasteiger partial charge < -0.3 is 5.32 Å². The molecule has 1 heterocycles. The third-order valence-corrected chi connectivity index (χ3v) is 4.99. The van der Waals surface area contributed by atoms with Gasteiger partial charge in [-0.25, -0.2) is 4.98 Å². The van der Waals surface area contributed by atoms with Crippen molar-refractivity contribution in [1.29, 1.82) is 0 Å². The monoisotopic (exact) mass is 258 g/mol. The molecular formula is C11H18N2OS2. The molecule has 0 radical (unpaired) electrons. The fraction of sp³-hybridized carbons (Fsp3) is 0.727. The third-order valence-electron chi connectivity index (χ3n) is 2.63. The quantitative estimate of drug-likeness (QED) is 0.759. The van der Waals surface area contributed by atoms with Crippen molar-refractivity contribution in [1.82, 2.24) is 10.3 Å². The Hall–Kier alpha value is -0.260. The van der Waals surface area contributed by atoms with Gasteiger partial charge in [0.25, 0.3) is 0 Å². The van der Waals surface area contributed by atoms with Crippen LogP contribution in [0.2, 0.25) is 0 Å². The standard InChI is InChI=1S/C11H18N2OS2/c1-2-16(14)6-5-12-7-10-8-15-11(13-10)9-3-4-9/h8-9,12H,2-7H2,1H3. The number of thiazole rings is 1. The fourth-order valence-electron chi connectivity index (χ4n) is 1.47. The predicted molar refractivity (Wildman–Crippen MR) is 69.3 cm³/mol. The van der Waals surface area contributed by atoms with Gasteiger partial charge in [0.1, 0.15) is 0 Å². The van der Waals surface area contributed by atoms with E-state index < -0.39 is 10.8 Å². The molecule has 5 heteroatoms. The summed E-state index contributed by atoms with van der Waals surface area (Å²) in [7, 11) is -0.657. The summed E-state index contributed by atoms with van der Waals surface area (Å²) in [5.74, 6) is 2.26. The lowest BCUT2D eigenvalue weighted by molar-refractivity contribution is 0.671.